The molecule has 1 atom stereocenters. The minimum absolute atomic E-state index is 0.176. The van der Waals surface area contributed by atoms with Crippen LogP contribution in [-0.4, -0.2) is 59.5 Å². The van der Waals surface area contributed by atoms with Crippen molar-refractivity contribution in [1.82, 2.24) is 14.9 Å². The minimum atomic E-state index is 0.176. The van der Waals surface area contributed by atoms with Crippen LogP contribution >= 0.6 is 0 Å². The molecular weight excluding hydrogens is 390 g/mol. The third kappa shape index (κ3) is 4.36. The molecule has 0 bridgehead atoms. The van der Waals surface area contributed by atoms with Crippen LogP contribution in [0.25, 0.3) is 0 Å². The first-order valence-corrected chi connectivity index (χ1v) is 10.7. The average molecular weight is 415 g/mol. The number of carbonyl (C=O) groups is 1. The van der Waals surface area contributed by atoms with E-state index in [0.717, 1.165) is 55.9 Å². The van der Waals surface area contributed by atoms with Crippen molar-refractivity contribution in [3.05, 3.63) is 73.1 Å². The molecule has 2 aliphatic rings. The van der Waals surface area contributed by atoms with Crippen molar-refractivity contribution in [3.63, 3.8) is 0 Å². The molecule has 1 unspecified atom stereocenters. The Kier molecular flexibility index (Phi) is 5.50. The second-order valence-electron chi connectivity index (χ2n) is 7.84. The summed E-state index contributed by atoms with van der Waals surface area (Å²) in [6.07, 6.45) is 4.11. The molecule has 2 fully saturated rings. The number of rotatable bonds is 5. The molecule has 2 aliphatic heterocycles. The first-order valence-electron chi connectivity index (χ1n) is 10.7. The van der Waals surface area contributed by atoms with Crippen molar-refractivity contribution in [2.75, 3.05) is 42.5 Å². The van der Waals surface area contributed by atoms with Gasteiger partial charge in [0.05, 0.1) is 0 Å². The summed E-state index contributed by atoms with van der Waals surface area (Å²) in [7, 11) is 0. The second kappa shape index (κ2) is 8.73. The fourth-order valence-corrected chi connectivity index (χ4v) is 4.24. The van der Waals surface area contributed by atoms with Gasteiger partial charge in [0.25, 0.3) is 0 Å². The van der Waals surface area contributed by atoms with Crippen molar-refractivity contribution in [2.45, 2.75) is 12.5 Å². The molecule has 7 nitrogen and oxygen atoms in total. The van der Waals surface area contributed by atoms with Crippen LogP contribution in [0.4, 0.5) is 11.6 Å². The Morgan fingerprint density at radius 3 is 2.19 bits per heavy atom. The smallest absolute Gasteiger partial charge is 0.228 e. The van der Waals surface area contributed by atoms with E-state index in [1.165, 1.54) is 0 Å². The van der Waals surface area contributed by atoms with Crippen molar-refractivity contribution in [1.29, 1.82) is 0 Å². The molecule has 3 heterocycles. The summed E-state index contributed by atoms with van der Waals surface area (Å²) in [5.74, 6) is 2.52. The first kappa shape index (κ1) is 19.5. The molecule has 0 radical (unpaired) electrons. The van der Waals surface area contributed by atoms with Crippen LogP contribution in [0.3, 0.4) is 0 Å². The number of hydrogen-bond acceptors (Lipinski definition) is 6. The molecule has 3 aromatic rings. The van der Waals surface area contributed by atoms with Crippen LogP contribution in [-0.2, 0) is 4.79 Å². The number of anilines is 2. The first-order chi connectivity index (χ1) is 15.3. The van der Waals surface area contributed by atoms with Gasteiger partial charge in [0.1, 0.15) is 11.5 Å². The fourth-order valence-electron chi connectivity index (χ4n) is 4.24. The molecule has 5 rings (SSSR count). The molecule has 0 N–H and O–H groups in total. The van der Waals surface area contributed by atoms with Gasteiger partial charge < -0.3 is 14.5 Å². The number of amides is 1. The third-order valence-corrected chi connectivity index (χ3v) is 5.90. The summed E-state index contributed by atoms with van der Waals surface area (Å²) in [5, 5.41) is 0. The zero-order chi connectivity index (χ0) is 21.0. The third-order valence-electron chi connectivity index (χ3n) is 5.90. The molecule has 2 saturated heterocycles. The largest absolute Gasteiger partial charge is 0.457 e. The normalized spacial score (nSPS) is 19.6. The zero-order valence-corrected chi connectivity index (χ0v) is 17.3. The van der Waals surface area contributed by atoms with Crippen LogP contribution in [0.2, 0.25) is 0 Å². The van der Waals surface area contributed by atoms with Gasteiger partial charge in [-0.2, -0.15) is 0 Å². The Labute approximate surface area is 181 Å². The fraction of sp³-hybridized carbons (Fsp3) is 0.292. The maximum absolute atomic E-state index is 12.7. The highest BCUT2D eigenvalue weighted by Crippen LogP contribution is 2.28. The lowest BCUT2D eigenvalue weighted by Gasteiger charge is -2.37. The van der Waals surface area contributed by atoms with Crippen LogP contribution in [0, 0.1) is 0 Å². The topological polar surface area (TPSA) is 61.8 Å². The van der Waals surface area contributed by atoms with Crippen molar-refractivity contribution < 1.29 is 9.53 Å². The molecule has 0 aliphatic carbocycles. The Hall–Kier alpha value is -3.45. The number of benzene rings is 2. The van der Waals surface area contributed by atoms with E-state index in [-0.39, 0.29) is 11.9 Å². The average Bonchev–Trinajstić information content (AvgIpc) is 3.22. The monoisotopic (exact) mass is 415 g/mol. The Balaban J connectivity index is 1.19. The van der Waals surface area contributed by atoms with Gasteiger partial charge in [0.2, 0.25) is 11.9 Å². The van der Waals surface area contributed by atoms with Crippen molar-refractivity contribution >= 4 is 17.5 Å². The number of hydrogen-bond donors (Lipinski definition) is 0. The van der Waals surface area contributed by atoms with Crippen molar-refractivity contribution in [2.24, 2.45) is 0 Å². The van der Waals surface area contributed by atoms with E-state index in [2.05, 4.69) is 19.8 Å². The van der Waals surface area contributed by atoms with E-state index in [0.29, 0.717) is 6.42 Å². The predicted molar refractivity (Wildman–Crippen MR) is 120 cm³/mol. The summed E-state index contributed by atoms with van der Waals surface area (Å²) in [4.78, 5) is 27.9. The number of carbonyl (C=O) groups excluding carboxylic acids is 1. The molecule has 7 heteroatoms. The molecule has 0 spiro atoms. The number of piperazine rings is 1. The highest BCUT2D eigenvalue weighted by molar-refractivity contribution is 5.96. The molecule has 2 aromatic carbocycles. The Bertz CT molecular complexity index is 1010. The van der Waals surface area contributed by atoms with E-state index in [9.17, 15) is 4.79 Å². The van der Waals surface area contributed by atoms with E-state index in [1.54, 1.807) is 12.4 Å². The van der Waals surface area contributed by atoms with Gasteiger partial charge in [-0.1, -0.05) is 18.2 Å². The lowest BCUT2D eigenvalue weighted by Crippen LogP contribution is -2.51. The van der Waals surface area contributed by atoms with Gasteiger partial charge in [0.15, 0.2) is 0 Å². The summed E-state index contributed by atoms with van der Waals surface area (Å²) in [5.41, 5.74) is 0.921. The van der Waals surface area contributed by atoms with E-state index >= 15 is 0 Å². The summed E-state index contributed by atoms with van der Waals surface area (Å²) in [6, 6.07) is 19.5. The number of nitrogens with zero attached hydrogens (tertiary/aromatic N) is 5. The summed E-state index contributed by atoms with van der Waals surface area (Å²) < 4.78 is 5.86. The van der Waals surface area contributed by atoms with Crippen LogP contribution in [0.5, 0.6) is 11.5 Å². The zero-order valence-electron chi connectivity index (χ0n) is 17.3. The predicted octanol–water partition coefficient (Wildman–Crippen LogP) is 3.20. The van der Waals surface area contributed by atoms with Crippen LogP contribution in [0.15, 0.2) is 73.1 Å². The van der Waals surface area contributed by atoms with E-state index in [1.807, 2.05) is 65.6 Å². The molecular formula is C24H25N5O2. The van der Waals surface area contributed by atoms with E-state index < -0.39 is 0 Å². The molecule has 1 aromatic heterocycles. The molecule has 31 heavy (non-hydrogen) atoms. The van der Waals surface area contributed by atoms with Gasteiger partial charge >= 0.3 is 0 Å². The number of para-hydroxylation sites is 1. The molecule has 158 valence electrons. The number of ether oxygens (including phenoxy) is 1. The highest BCUT2D eigenvalue weighted by atomic mass is 16.5. The van der Waals surface area contributed by atoms with Crippen LogP contribution < -0.4 is 14.5 Å². The Morgan fingerprint density at radius 1 is 0.806 bits per heavy atom. The maximum Gasteiger partial charge on any atom is 0.228 e. The summed E-state index contributed by atoms with van der Waals surface area (Å²) >= 11 is 0. The molecule has 1 amide bonds. The van der Waals surface area contributed by atoms with Gasteiger partial charge in [-0.05, 0) is 42.5 Å². The lowest BCUT2D eigenvalue weighted by atomic mass is 10.2. The van der Waals surface area contributed by atoms with Gasteiger partial charge in [0, 0.05) is 63.3 Å². The van der Waals surface area contributed by atoms with Crippen LogP contribution in [0.1, 0.15) is 6.42 Å². The molecule has 0 saturated carbocycles. The SMILES string of the molecule is O=C1CC(N2CCN(c3ncccn3)CC2)CN1c1ccc(Oc2ccccc2)cc1. The maximum atomic E-state index is 12.7. The Morgan fingerprint density at radius 2 is 1.48 bits per heavy atom. The van der Waals surface area contributed by atoms with Gasteiger partial charge in [-0.3, -0.25) is 9.69 Å². The highest BCUT2D eigenvalue weighted by Gasteiger charge is 2.35. The number of aromatic nitrogens is 2. The standard InChI is InChI=1S/C24H25N5O2/c30-23-17-20(27-13-15-28(16-14-27)24-25-11-4-12-26-24)18-29(23)19-7-9-22(10-8-19)31-21-5-2-1-3-6-21/h1-12,20H,13-18H2. The lowest BCUT2D eigenvalue weighted by molar-refractivity contribution is -0.117. The van der Waals surface area contributed by atoms with Gasteiger partial charge in [-0.25, -0.2) is 9.97 Å². The van der Waals surface area contributed by atoms with E-state index in [4.69, 9.17) is 4.74 Å². The minimum Gasteiger partial charge on any atom is -0.457 e. The summed E-state index contributed by atoms with van der Waals surface area (Å²) in [6.45, 7) is 4.29. The second-order valence-corrected chi connectivity index (χ2v) is 7.84. The van der Waals surface area contributed by atoms with Gasteiger partial charge in [-0.15, -0.1) is 0 Å². The quantitative estimate of drug-likeness (QED) is 0.638. The van der Waals surface area contributed by atoms with Crippen molar-refractivity contribution in [3.8, 4) is 11.5 Å².